The Bertz CT molecular complexity index is 152. The third-order valence-electron chi connectivity index (χ3n) is 1.62. The largest absolute Gasteiger partial charge is 0.359 e. The predicted molar refractivity (Wildman–Crippen MR) is 46.8 cm³/mol. The van der Waals surface area contributed by atoms with E-state index in [1.54, 1.807) is 19.9 Å². The van der Waals surface area contributed by atoms with Gasteiger partial charge in [-0.25, -0.2) is 0 Å². The second-order valence-electron chi connectivity index (χ2n) is 3.17. The van der Waals surface area contributed by atoms with E-state index in [0.29, 0.717) is 0 Å². The normalized spacial score (nSPS) is 13.9. The van der Waals surface area contributed by atoms with Crippen LogP contribution in [-0.2, 0) is 14.3 Å². The molecule has 1 atom stereocenters. The second kappa shape index (κ2) is 5.06. The van der Waals surface area contributed by atoms with Crippen molar-refractivity contribution in [1.29, 1.82) is 0 Å². The van der Waals surface area contributed by atoms with Crippen molar-refractivity contribution in [3.8, 4) is 0 Å². The molecular weight excluding hydrogens is 156 g/mol. The van der Waals surface area contributed by atoms with E-state index < -0.39 is 5.41 Å². The van der Waals surface area contributed by atoms with Gasteiger partial charge >= 0.3 is 0 Å². The zero-order chi connectivity index (χ0) is 9.61. The number of hydrogen-bond donors (Lipinski definition) is 0. The summed E-state index contributed by atoms with van der Waals surface area (Å²) in [6.45, 7) is 7.35. The minimum atomic E-state index is -0.541. The maximum atomic E-state index is 10.6. The molecule has 0 saturated heterocycles. The monoisotopic (exact) mass is 172 g/mol. The van der Waals surface area contributed by atoms with Crippen molar-refractivity contribution in [3.05, 3.63) is 12.7 Å². The van der Waals surface area contributed by atoms with E-state index in [-0.39, 0.29) is 12.9 Å². The summed E-state index contributed by atoms with van der Waals surface area (Å²) in [4.78, 5) is 10.6. The van der Waals surface area contributed by atoms with E-state index in [1.807, 2.05) is 0 Å². The molecule has 0 fully saturated rings. The molecule has 70 valence electrons. The molecule has 0 aliphatic heterocycles. The maximum absolute atomic E-state index is 10.6. The Hall–Kier alpha value is -0.670. The summed E-state index contributed by atoms with van der Waals surface area (Å²) in [6, 6.07) is 0. The van der Waals surface area contributed by atoms with Gasteiger partial charge in [-0.05, 0) is 0 Å². The summed E-state index contributed by atoms with van der Waals surface area (Å²) in [5.41, 5.74) is -0.541. The van der Waals surface area contributed by atoms with Crippen LogP contribution in [-0.4, -0.2) is 26.3 Å². The minimum absolute atomic E-state index is 0.175. The van der Waals surface area contributed by atoms with Gasteiger partial charge in [-0.15, -0.1) is 6.58 Å². The molecule has 0 saturated carbocycles. The van der Waals surface area contributed by atoms with Crippen molar-refractivity contribution in [1.82, 2.24) is 0 Å². The number of aldehydes is 1. The van der Waals surface area contributed by atoms with E-state index in [4.69, 9.17) is 9.47 Å². The van der Waals surface area contributed by atoms with E-state index >= 15 is 0 Å². The van der Waals surface area contributed by atoms with Gasteiger partial charge < -0.3 is 14.3 Å². The molecule has 0 bridgehead atoms. The van der Waals surface area contributed by atoms with Crippen molar-refractivity contribution in [2.45, 2.75) is 20.0 Å². The van der Waals surface area contributed by atoms with Gasteiger partial charge in [-0.2, -0.15) is 0 Å². The van der Waals surface area contributed by atoms with Gasteiger partial charge in [0.15, 0.2) is 0 Å². The summed E-state index contributed by atoms with van der Waals surface area (Å²) < 4.78 is 9.95. The molecule has 0 aromatic carbocycles. The van der Waals surface area contributed by atoms with Crippen LogP contribution in [0.5, 0.6) is 0 Å². The molecule has 12 heavy (non-hydrogen) atoms. The molecule has 0 aromatic heterocycles. The third-order valence-corrected chi connectivity index (χ3v) is 1.62. The molecule has 0 heterocycles. The Morgan fingerprint density at radius 2 is 2.17 bits per heavy atom. The molecule has 0 spiro atoms. The van der Waals surface area contributed by atoms with Crippen molar-refractivity contribution < 1.29 is 14.3 Å². The van der Waals surface area contributed by atoms with E-state index in [2.05, 4.69) is 6.58 Å². The predicted octanol–water partition coefficient (Wildman–Crippen LogP) is 1.39. The van der Waals surface area contributed by atoms with Crippen LogP contribution in [0.1, 0.15) is 13.8 Å². The highest BCUT2D eigenvalue weighted by molar-refractivity contribution is 5.59. The van der Waals surface area contributed by atoms with Crippen molar-refractivity contribution in [2.75, 3.05) is 13.9 Å². The lowest BCUT2D eigenvalue weighted by molar-refractivity contribution is -0.128. The van der Waals surface area contributed by atoms with Gasteiger partial charge in [0, 0.05) is 7.11 Å². The highest BCUT2D eigenvalue weighted by Crippen LogP contribution is 2.21. The molecule has 3 heteroatoms. The highest BCUT2D eigenvalue weighted by atomic mass is 16.7. The first-order valence-electron chi connectivity index (χ1n) is 3.78. The molecular formula is C9H16O3. The number of rotatable bonds is 6. The Kier molecular flexibility index (Phi) is 4.78. The lowest BCUT2D eigenvalue weighted by Crippen LogP contribution is -2.32. The quantitative estimate of drug-likeness (QED) is 0.345. The van der Waals surface area contributed by atoms with Gasteiger partial charge in [0.05, 0.1) is 11.5 Å². The van der Waals surface area contributed by atoms with Crippen LogP contribution in [0.25, 0.3) is 0 Å². The standard InChI is InChI=1S/C9H16O3/c1-5-8(12-7-11-4)9(2,3)6-10/h5-6,8H,1,7H2,2-4H3/t8-/m0/s1. The zero-order valence-electron chi connectivity index (χ0n) is 7.87. The first kappa shape index (κ1) is 11.3. The van der Waals surface area contributed by atoms with Crippen LogP contribution >= 0.6 is 0 Å². The zero-order valence-corrected chi connectivity index (χ0v) is 7.87. The van der Waals surface area contributed by atoms with Crippen LogP contribution in [0.4, 0.5) is 0 Å². The second-order valence-corrected chi connectivity index (χ2v) is 3.17. The summed E-state index contributed by atoms with van der Waals surface area (Å²) in [7, 11) is 1.54. The van der Waals surface area contributed by atoms with Gasteiger partial charge in [0.2, 0.25) is 0 Å². The number of carbonyl (C=O) groups is 1. The van der Waals surface area contributed by atoms with Crippen molar-refractivity contribution in [2.24, 2.45) is 5.41 Å². The van der Waals surface area contributed by atoms with Crippen LogP contribution in [0.3, 0.4) is 0 Å². The van der Waals surface area contributed by atoms with Crippen LogP contribution < -0.4 is 0 Å². The maximum Gasteiger partial charge on any atom is 0.147 e. The van der Waals surface area contributed by atoms with Gasteiger partial charge in [-0.1, -0.05) is 19.9 Å². The molecule has 0 N–H and O–H groups in total. The Morgan fingerprint density at radius 1 is 1.58 bits per heavy atom. The lowest BCUT2D eigenvalue weighted by atomic mass is 9.88. The molecule has 0 unspecified atom stereocenters. The van der Waals surface area contributed by atoms with Crippen LogP contribution in [0.15, 0.2) is 12.7 Å². The molecule has 0 rings (SSSR count). The van der Waals surface area contributed by atoms with Gasteiger partial charge in [0.1, 0.15) is 13.1 Å². The Morgan fingerprint density at radius 3 is 2.50 bits per heavy atom. The summed E-state index contributed by atoms with van der Waals surface area (Å²) >= 11 is 0. The van der Waals surface area contributed by atoms with E-state index in [9.17, 15) is 4.79 Å². The fourth-order valence-corrected chi connectivity index (χ4v) is 0.795. The highest BCUT2D eigenvalue weighted by Gasteiger charge is 2.27. The molecule has 0 aliphatic carbocycles. The number of hydrogen-bond acceptors (Lipinski definition) is 3. The summed E-state index contributed by atoms with van der Waals surface area (Å²) in [5.74, 6) is 0. The first-order valence-corrected chi connectivity index (χ1v) is 3.78. The molecule has 3 nitrogen and oxygen atoms in total. The average Bonchev–Trinajstić information content (AvgIpc) is 2.05. The number of ether oxygens (including phenoxy) is 2. The fourth-order valence-electron chi connectivity index (χ4n) is 0.795. The molecule has 0 aromatic rings. The van der Waals surface area contributed by atoms with Crippen molar-refractivity contribution in [3.63, 3.8) is 0 Å². The third kappa shape index (κ3) is 3.15. The topological polar surface area (TPSA) is 35.5 Å². The van der Waals surface area contributed by atoms with E-state index in [1.165, 1.54) is 7.11 Å². The van der Waals surface area contributed by atoms with E-state index in [0.717, 1.165) is 6.29 Å². The Labute approximate surface area is 73.4 Å². The molecule has 0 aliphatic rings. The van der Waals surface area contributed by atoms with Gasteiger partial charge in [-0.3, -0.25) is 0 Å². The lowest BCUT2D eigenvalue weighted by Gasteiger charge is -2.25. The summed E-state index contributed by atoms with van der Waals surface area (Å²) in [5, 5.41) is 0. The SMILES string of the molecule is C=C[C@H](OCOC)C(C)(C)C=O. The minimum Gasteiger partial charge on any atom is -0.359 e. The Balaban J connectivity index is 4.13. The average molecular weight is 172 g/mol. The van der Waals surface area contributed by atoms with Gasteiger partial charge in [0.25, 0.3) is 0 Å². The number of carbonyl (C=O) groups excluding carboxylic acids is 1. The van der Waals surface area contributed by atoms with Crippen LogP contribution in [0, 0.1) is 5.41 Å². The fraction of sp³-hybridized carbons (Fsp3) is 0.667. The molecule has 0 amide bonds. The van der Waals surface area contributed by atoms with Crippen molar-refractivity contribution >= 4 is 6.29 Å². The first-order chi connectivity index (χ1) is 5.58. The molecule has 0 radical (unpaired) electrons. The smallest absolute Gasteiger partial charge is 0.147 e. The van der Waals surface area contributed by atoms with Crippen LogP contribution in [0.2, 0.25) is 0 Å². The number of methoxy groups -OCH3 is 1. The summed E-state index contributed by atoms with van der Waals surface area (Å²) in [6.07, 6.45) is 2.16.